The number of aromatic nitrogens is 2. The summed E-state index contributed by atoms with van der Waals surface area (Å²) in [6.45, 7) is 3.35. The van der Waals surface area contributed by atoms with E-state index in [-0.39, 0.29) is 17.5 Å². The Hall–Kier alpha value is -1.56. The predicted molar refractivity (Wildman–Crippen MR) is 71.1 cm³/mol. The summed E-state index contributed by atoms with van der Waals surface area (Å²) in [4.78, 5) is 15.6. The fraction of sp³-hybridized carbons (Fsp3) is 0.308. The molecule has 0 N–H and O–H groups in total. The standard InChI is InChI=1S/C13H12BrFN2O2/c1-3-11(7(2)18)13-16-12(17-19-13)8-4-9(14)6-10(15)5-8/h4-6,11H,3H2,1-2H3. The minimum Gasteiger partial charge on any atom is -0.338 e. The van der Waals surface area contributed by atoms with Gasteiger partial charge in [-0.2, -0.15) is 4.98 Å². The lowest BCUT2D eigenvalue weighted by molar-refractivity contribution is -0.119. The van der Waals surface area contributed by atoms with Gasteiger partial charge >= 0.3 is 0 Å². The number of carbonyl (C=O) groups excluding carboxylic acids is 1. The molecule has 0 fully saturated rings. The molecular formula is C13H12BrFN2O2. The zero-order valence-electron chi connectivity index (χ0n) is 10.5. The smallest absolute Gasteiger partial charge is 0.237 e. The molecular weight excluding hydrogens is 315 g/mol. The average molecular weight is 327 g/mol. The Balaban J connectivity index is 2.37. The monoisotopic (exact) mass is 326 g/mol. The van der Waals surface area contributed by atoms with Crippen LogP contribution in [0.4, 0.5) is 4.39 Å². The van der Waals surface area contributed by atoms with Crippen molar-refractivity contribution in [3.63, 3.8) is 0 Å². The molecule has 19 heavy (non-hydrogen) atoms. The van der Waals surface area contributed by atoms with Gasteiger partial charge in [0.2, 0.25) is 11.7 Å². The zero-order chi connectivity index (χ0) is 14.0. The van der Waals surface area contributed by atoms with Gasteiger partial charge in [-0.25, -0.2) is 4.39 Å². The Labute approximate surface area is 118 Å². The molecule has 4 nitrogen and oxygen atoms in total. The van der Waals surface area contributed by atoms with E-state index >= 15 is 0 Å². The molecule has 0 amide bonds. The maximum absolute atomic E-state index is 13.3. The fourth-order valence-electron chi connectivity index (χ4n) is 1.81. The molecule has 2 rings (SSSR count). The fourth-order valence-corrected chi connectivity index (χ4v) is 2.28. The van der Waals surface area contributed by atoms with E-state index in [0.717, 1.165) is 0 Å². The van der Waals surface area contributed by atoms with Gasteiger partial charge in [-0.1, -0.05) is 28.0 Å². The number of benzene rings is 1. The van der Waals surface area contributed by atoms with E-state index in [9.17, 15) is 9.18 Å². The zero-order valence-corrected chi connectivity index (χ0v) is 12.1. The molecule has 0 aliphatic carbocycles. The van der Waals surface area contributed by atoms with Gasteiger partial charge in [0.25, 0.3) is 0 Å². The van der Waals surface area contributed by atoms with E-state index in [1.54, 1.807) is 6.07 Å². The van der Waals surface area contributed by atoms with E-state index in [1.807, 2.05) is 6.92 Å². The Morgan fingerprint density at radius 2 is 2.21 bits per heavy atom. The highest BCUT2D eigenvalue weighted by atomic mass is 79.9. The first-order valence-electron chi connectivity index (χ1n) is 5.81. The highest BCUT2D eigenvalue weighted by molar-refractivity contribution is 9.10. The van der Waals surface area contributed by atoms with E-state index < -0.39 is 11.7 Å². The molecule has 0 aliphatic heterocycles. The lowest BCUT2D eigenvalue weighted by Gasteiger charge is -2.03. The van der Waals surface area contributed by atoms with Crippen molar-refractivity contribution in [3.8, 4) is 11.4 Å². The van der Waals surface area contributed by atoms with E-state index in [4.69, 9.17) is 4.52 Å². The van der Waals surface area contributed by atoms with Gasteiger partial charge in [0.05, 0.1) is 5.92 Å². The number of hydrogen-bond acceptors (Lipinski definition) is 4. The van der Waals surface area contributed by atoms with Gasteiger partial charge in [0.1, 0.15) is 11.6 Å². The predicted octanol–water partition coefficient (Wildman–Crippen LogP) is 3.72. The third-order valence-electron chi connectivity index (χ3n) is 2.76. The summed E-state index contributed by atoms with van der Waals surface area (Å²) in [6, 6.07) is 4.34. The van der Waals surface area contributed by atoms with E-state index in [2.05, 4.69) is 26.1 Å². The van der Waals surface area contributed by atoms with Crippen LogP contribution >= 0.6 is 15.9 Å². The second-order valence-corrected chi connectivity index (χ2v) is 5.10. The van der Waals surface area contributed by atoms with Crippen LogP contribution in [0.1, 0.15) is 32.1 Å². The summed E-state index contributed by atoms with van der Waals surface area (Å²) < 4.78 is 19.0. The molecule has 0 bridgehead atoms. The van der Waals surface area contributed by atoms with Gasteiger partial charge in [0.15, 0.2) is 0 Å². The first-order chi connectivity index (χ1) is 9.01. The molecule has 0 saturated carbocycles. The van der Waals surface area contributed by atoms with Crippen LogP contribution in [0, 0.1) is 5.82 Å². The Bertz CT molecular complexity index is 592. The van der Waals surface area contributed by atoms with Crippen LogP contribution in [-0.4, -0.2) is 15.9 Å². The summed E-state index contributed by atoms with van der Waals surface area (Å²) in [7, 11) is 0. The van der Waals surface area contributed by atoms with Crippen molar-refractivity contribution in [2.75, 3.05) is 0 Å². The van der Waals surface area contributed by atoms with E-state index in [0.29, 0.717) is 16.5 Å². The highest BCUT2D eigenvalue weighted by Crippen LogP contribution is 2.25. The Kier molecular flexibility index (Phi) is 4.09. The van der Waals surface area contributed by atoms with Gasteiger partial charge in [-0.3, -0.25) is 4.79 Å². The van der Waals surface area contributed by atoms with Crippen molar-refractivity contribution in [2.24, 2.45) is 0 Å². The molecule has 0 radical (unpaired) electrons. The van der Waals surface area contributed by atoms with Crippen molar-refractivity contribution in [2.45, 2.75) is 26.2 Å². The van der Waals surface area contributed by atoms with Gasteiger partial charge in [-0.05, 0) is 31.5 Å². The van der Waals surface area contributed by atoms with Crippen LogP contribution < -0.4 is 0 Å². The van der Waals surface area contributed by atoms with Crippen LogP contribution in [0.3, 0.4) is 0 Å². The number of hydrogen-bond donors (Lipinski definition) is 0. The number of rotatable bonds is 4. The average Bonchev–Trinajstić information content (AvgIpc) is 2.77. The quantitative estimate of drug-likeness (QED) is 0.859. The number of ketones is 1. The Morgan fingerprint density at radius 1 is 1.47 bits per heavy atom. The number of halogens is 2. The maximum Gasteiger partial charge on any atom is 0.237 e. The molecule has 100 valence electrons. The topological polar surface area (TPSA) is 56.0 Å². The summed E-state index contributed by atoms with van der Waals surface area (Å²) in [5.74, 6) is -0.286. The summed E-state index contributed by atoms with van der Waals surface area (Å²) in [5, 5.41) is 3.79. The number of nitrogens with zero attached hydrogens (tertiary/aromatic N) is 2. The minimum absolute atomic E-state index is 0.0295. The number of carbonyl (C=O) groups is 1. The van der Waals surface area contributed by atoms with Crippen LogP contribution in [0.5, 0.6) is 0 Å². The SMILES string of the molecule is CCC(C(C)=O)c1nc(-c2cc(F)cc(Br)c2)no1. The van der Waals surface area contributed by atoms with Crippen molar-refractivity contribution in [1.82, 2.24) is 10.1 Å². The first kappa shape index (κ1) is 13.9. The lowest BCUT2D eigenvalue weighted by Crippen LogP contribution is -2.07. The summed E-state index contributed by atoms with van der Waals surface area (Å²) in [6.07, 6.45) is 0.587. The van der Waals surface area contributed by atoms with Crippen LogP contribution in [-0.2, 0) is 4.79 Å². The van der Waals surface area contributed by atoms with Crippen LogP contribution in [0.2, 0.25) is 0 Å². The maximum atomic E-state index is 13.3. The van der Waals surface area contributed by atoms with Crippen molar-refractivity contribution in [3.05, 3.63) is 34.4 Å². The molecule has 0 aliphatic rings. The lowest BCUT2D eigenvalue weighted by atomic mass is 10.0. The van der Waals surface area contributed by atoms with E-state index in [1.165, 1.54) is 19.1 Å². The molecule has 1 aromatic carbocycles. The molecule has 1 unspecified atom stereocenters. The van der Waals surface area contributed by atoms with Crippen LogP contribution in [0.15, 0.2) is 27.2 Å². The van der Waals surface area contributed by atoms with Gasteiger partial charge in [-0.15, -0.1) is 0 Å². The highest BCUT2D eigenvalue weighted by Gasteiger charge is 2.22. The van der Waals surface area contributed by atoms with Gasteiger partial charge in [0, 0.05) is 10.0 Å². The first-order valence-corrected chi connectivity index (χ1v) is 6.61. The normalized spacial score (nSPS) is 12.4. The molecule has 0 saturated heterocycles. The van der Waals surface area contributed by atoms with Crippen molar-refractivity contribution < 1.29 is 13.7 Å². The number of Topliss-reactive ketones (excluding diaryl/α,β-unsaturated/α-hetero) is 1. The van der Waals surface area contributed by atoms with Crippen molar-refractivity contribution >= 4 is 21.7 Å². The third-order valence-corrected chi connectivity index (χ3v) is 3.22. The van der Waals surface area contributed by atoms with Crippen LogP contribution in [0.25, 0.3) is 11.4 Å². The van der Waals surface area contributed by atoms with Crippen molar-refractivity contribution in [1.29, 1.82) is 0 Å². The summed E-state index contributed by atoms with van der Waals surface area (Å²) in [5.41, 5.74) is 0.500. The summed E-state index contributed by atoms with van der Waals surface area (Å²) >= 11 is 3.20. The molecule has 2 aromatic rings. The second kappa shape index (κ2) is 5.61. The molecule has 1 atom stereocenters. The van der Waals surface area contributed by atoms with Gasteiger partial charge < -0.3 is 4.52 Å². The Morgan fingerprint density at radius 3 is 2.79 bits per heavy atom. The third kappa shape index (κ3) is 3.07. The minimum atomic E-state index is -0.404. The largest absolute Gasteiger partial charge is 0.338 e. The molecule has 1 aromatic heterocycles. The molecule has 1 heterocycles. The molecule has 0 spiro atoms. The molecule has 6 heteroatoms. The second-order valence-electron chi connectivity index (χ2n) is 4.19.